The number of esters is 2. The molecule has 0 aliphatic heterocycles. The molecule has 4 nitrogen and oxygen atoms in total. The van der Waals surface area contributed by atoms with Crippen LogP contribution in [0.5, 0.6) is 0 Å². The molecule has 0 rings (SSSR count). The van der Waals surface area contributed by atoms with Gasteiger partial charge in [0.2, 0.25) is 0 Å². The third-order valence-electron chi connectivity index (χ3n) is 0.870. The molecule has 0 heterocycles. The van der Waals surface area contributed by atoms with Gasteiger partial charge >= 0.3 is 11.9 Å². The fourth-order valence-corrected chi connectivity index (χ4v) is 0.307. The fourth-order valence-electron chi connectivity index (χ4n) is 0.307. The molecule has 20 heavy (non-hydrogen) atoms. The van der Waals surface area contributed by atoms with Crippen LogP contribution in [0.1, 0.15) is 54.9 Å². The van der Waals surface area contributed by atoms with Gasteiger partial charge in [-0.2, -0.15) is 0 Å². The molecule has 4 heteroatoms. The molecule has 0 spiro atoms. The summed E-state index contributed by atoms with van der Waals surface area (Å²) in [5.74, 6) is -0.718. The minimum Gasteiger partial charge on any atom is -0.435 e. The van der Waals surface area contributed by atoms with Gasteiger partial charge < -0.3 is 9.47 Å². The van der Waals surface area contributed by atoms with Crippen molar-refractivity contribution in [2.75, 3.05) is 0 Å². The molecular formula is C16H32O4. The van der Waals surface area contributed by atoms with Crippen LogP contribution in [0.2, 0.25) is 0 Å². The van der Waals surface area contributed by atoms with E-state index in [1.54, 1.807) is 6.92 Å². The lowest BCUT2D eigenvalue weighted by atomic mass is 10.5. The molecule has 120 valence electrons. The standard InChI is InChI=1S/C5H8O2.C5H6O2.3C2H6/c2*1-3-5(6)7-4-2;3*1-2/h4H,2-3H2,1H3;3-4H,1-2H2;3*1-2H3. The summed E-state index contributed by atoms with van der Waals surface area (Å²) in [6.07, 6.45) is 3.67. The number of rotatable bonds is 4. The summed E-state index contributed by atoms with van der Waals surface area (Å²) in [6, 6.07) is 0. The average molecular weight is 288 g/mol. The monoisotopic (exact) mass is 288 g/mol. The Bertz CT molecular complexity index is 221. The molecule has 0 unspecified atom stereocenters. The lowest BCUT2D eigenvalue weighted by Crippen LogP contribution is -1.94. The van der Waals surface area contributed by atoms with E-state index in [1.165, 1.54) is 0 Å². The molecule has 0 aromatic carbocycles. The SMILES string of the molecule is C=COC(=O)C=C.C=COC(=O)CC.CC.CC.CC. The molecule has 0 aromatic heterocycles. The van der Waals surface area contributed by atoms with Crippen LogP contribution in [-0.2, 0) is 19.1 Å². The van der Waals surface area contributed by atoms with Crippen molar-refractivity contribution in [2.45, 2.75) is 54.9 Å². The highest BCUT2D eigenvalue weighted by atomic mass is 16.5. The Morgan fingerprint density at radius 2 is 1.20 bits per heavy atom. The Morgan fingerprint density at radius 1 is 0.850 bits per heavy atom. The maximum absolute atomic E-state index is 10.1. The molecular weight excluding hydrogens is 256 g/mol. The molecule has 0 saturated heterocycles. The van der Waals surface area contributed by atoms with Crippen molar-refractivity contribution < 1.29 is 19.1 Å². The van der Waals surface area contributed by atoms with E-state index in [9.17, 15) is 9.59 Å². The highest BCUT2D eigenvalue weighted by Gasteiger charge is 1.89. The maximum atomic E-state index is 10.1. The second-order valence-corrected chi connectivity index (χ2v) is 1.82. The summed E-state index contributed by atoms with van der Waals surface area (Å²) in [6.45, 7) is 23.2. The van der Waals surface area contributed by atoms with Gasteiger partial charge in [-0.15, -0.1) is 0 Å². The van der Waals surface area contributed by atoms with Crippen LogP contribution in [-0.4, -0.2) is 11.9 Å². The third-order valence-corrected chi connectivity index (χ3v) is 0.870. The van der Waals surface area contributed by atoms with Gasteiger partial charge in [-0.1, -0.05) is 68.2 Å². The Morgan fingerprint density at radius 3 is 1.30 bits per heavy atom. The van der Waals surface area contributed by atoms with Crippen molar-refractivity contribution in [1.82, 2.24) is 0 Å². The van der Waals surface area contributed by atoms with Crippen molar-refractivity contribution in [2.24, 2.45) is 0 Å². The van der Waals surface area contributed by atoms with E-state index >= 15 is 0 Å². The summed E-state index contributed by atoms with van der Waals surface area (Å²) in [4.78, 5) is 20.1. The van der Waals surface area contributed by atoms with Crippen LogP contribution in [0.15, 0.2) is 38.3 Å². The largest absolute Gasteiger partial charge is 0.435 e. The molecule has 0 atom stereocenters. The molecule has 0 N–H and O–H groups in total. The van der Waals surface area contributed by atoms with Crippen LogP contribution >= 0.6 is 0 Å². The highest BCUT2D eigenvalue weighted by molar-refractivity contribution is 5.81. The maximum Gasteiger partial charge on any atom is 0.334 e. The van der Waals surface area contributed by atoms with E-state index in [4.69, 9.17) is 0 Å². The summed E-state index contributed by atoms with van der Waals surface area (Å²) < 4.78 is 8.51. The molecule has 0 aliphatic rings. The van der Waals surface area contributed by atoms with Gasteiger partial charge in [-0.3, -0.25) is 4.79 Å². The fraction of sp³-hybridized carbons (Fsp3) is 0.500. The van der Waals surface area contributed by atoms with Crippen LogP contribution in [0.3, 0.4) is 0 Å². The topological polar surface area (TPSA) is 52.6 Å². The zero-order valence-corrected chi connectivity index (χ0v) is 14.2. The highest BCUT2D eigenvalue weighted by Crippen LogP contribution is 1.81. The van der Waals surface area contributed by atoms with Gasteiger partial charge in [0, 0.05) is 12.5 Å². The van der Waals surface area contributed by atoms with Gasteiger partial charge in [-0.05, 0) is 0 Å². The number of carbonyl (C=O) groups excluding carboxylic acids is 2. The van der Waals surface area contributed by atoms with Crippen LogP contribution in [0.25, 0.3) is 0 Å². The lowest BCUT2D eigenvalue weighted by molar-refractivity contribution is -0.137. The van der Waals surface area contributed by atoms with E-state index in [-0.39, 0.29) is 5.97 Å². The van der Waals surface area contributed by atoms with Gasteiger partial charge in [0.05, 0.1) is 12.5 Å². The van der Waals surface area contributed by atoms with Gasteiger partial charge in [0.15, 0.2) is 0 Å². The number of hydrogen-bond donors (Lipinski definition) is 0. The van der Waals surface area contributed by atoms with E-state index in [0.29, 0.717) is 6.42 Å². The molecule has 0 aliphatic carbocycles. The summed E-state index contributed by atoms with van der Waals surface area (Å²) in [5.41, 5.74) is 0. The molecule has 0 radical (unpaired) electrons. The van der Waals surface area contributed by atoms with E-state index in [1.807, 2.05) is 41.5 Å². The van der Waals surface area contributed by atoms with Gasteiger partial charge in [0.25, 0.3) is 0 Å². The molecule has 0 amide bonds. The van der Waals surface area contributed by atoms with Crippen LogP contribution in [0.4, 0.5) is 0 Å². The minimum absolute atomic E-state index is 0.241. The first-order valence-electron chi connectivity index (χ1n) is 6.86. The van der Waals surface area contributed by atoms with Crippen LogP contribution in [0, 0.1) is 0 Å². The van der Waals surface area contributed by atoms with Crippen molar-refractivity contribution in [3.05, 3.63) is 38.3 Å². The second-order valence-electron chi connectivity index (χ2n) is 1.82. The first kappa shape index (κ1) is 30.9. The average Bonchev–Trinajstić information content (AvgIpc) is 2.54. The van der Waals surface area contributed by atoms with Gasteiger partial charge in [0.1, 0.15) is 0 Å². The molecule has 0 saturated carbocycles. The number of carbonyl (C=O) groups is 2. The second kappa shape index (κ2) is 43.4. The normalized spacial score (nSPS) is 5.95. The Hall–Kier alpha value is -1.84. The zero-order valence-electron chi connectivity index (χ0n) is 14.2. The zero-order chi connectivity index (χ0) is 17.4. The van der Waals surface area contributed by atoms with Crippen molar-refractivity contribution in [1.29, 1.82) is 0 Å². The summed E-state index contributed by atoms with van der Waals surface area (Å²) >= 11 is 0. The van der Waals surface area contributed by atoms with E-state index in [2.05, 4.69) is 29.2 Å². The molecule has 0 fully saturated rings. The Labute approximate surface area is 125 Å². The smallest absolute Gasteiger partial charge is 0.334 e. The van der Waals surface area contributed by atoms with Gasteiger partial charge in [-0.25, -0.2) is 4.79 Å². The Kier molecular flexibility index (Phi) is 67.0. The Balaban J connectivity index is -0.0000000545. The van der Waals surface area contributed by atoms with Crippen LogP contribution < -0.4 is 0 Å². The van der Waals surface area contributed by atoms with Crippen molar-refractivity contribution in [3.63, 3.8) is 0 Å². The first-order chi connectivity index (χ1) is 9.62. The molecule has 0 aromatic rings. The summed E-state index contributed by atoms with van der Waals surface area (Å²) in [5, 5.41) is 0. The first-order valence-corrected chi connectivity index (χ1v) is 6.86. The number of hydrogen-bond acceptors (Lipinski definition) is 4. The van der Waals surface area contributed by atoms with E-state index in [0.717, 1.165) is 18.6 Å². The number of ether oxygens (including phenoxy) is 2. The third kappa shape index (κ3) is 55.8. The lowest BCUT2D eigenvalue weighted by Gasteiger charge is -1.88. The predicted molar refractivity (Wildman–Crippen MR) is 87.1 cm³/mol. The minimum atomic E-state index is -0.477. The van der Waals surface area contributed by atoms with Crippen molar-refractivity contribution in [3.8, 4) is 0 Å². The molecule has 0 bridgehead atoms. The van der Waals surface area contributed by atoms with Crippen molar-refractivity contribution >= 4 is 11.9 Å². The quantitative estimate of drug-likeness (QED) is 0.414. The summed E-state index contributed by atoms with van der Waals surface area (Å²) in [7, 11) is 0. The predicted octanol–water partition coefficient (Wildman–Crippen LogP) is 5.02. The van der Waals surface area contributed by atoms with E-state index < -0.39 is 5.97 Å².